The lowest BCUT2D eigenvalue weighted by Crippen LogP contribution is -2.33. The molecule has 0 radical (unpaired) electrons. The quantitative estimate of drug-likeness (QED) is 0.529. The molecule has 3 aromatic carbocycles. The lowest BCUT2D eigenvalue weighted by Gasteiger charge is -2.38. The van der Waals surface area contributed by atoms with Gasteiger partial charge in [-0.2, -0.15) is 5.10 Å². The molecule has 0 amide bonds. The van der Waals surface area contributed by atoms with Gasteiger partial charge in [-0.1, -0.05) is 56.3 Å². The Morgan fingerprint density at radius 3 is 2.47 bits per heavy atom. The van der Waals surface area contributed by atoms with Crippen molar-refractivity contribution in [3.63, 3.8) is 0 Å². The Balaban J connectivity index is 1.39. The van der Waals surface area contributed by atoms with Crippen LogP contribution in [0.3, 0.4) is 0 Å². The minimum atomic E-state index is -0.258. The molecule has 2 atom stereocenters. The van der Waals surface area contributed by atoms with E-state index in [4.69, 9.17) is 19.3 Å². The number of benzene rings is 3. The smallest absolute Gasteiger partial charge is 0.213 e. The van der Waals surface area contributed by atoms with Crippen LogP contribution in [0.4, 0.5) is 0 Å². The molecule has 0 saturated carbocycles. The van der Waals surface area contributed by atoms with Crippen LogP contribution in [0.2, 0.25) is 0 Å². The second-order valence-corrected chi connectivity index (χ2v) is 8.83. The molecule has 0 unspecified atom stereocenters. The first-order valence-electron chi connectivity index (χ1n) is 11.3. The molecule has 0 aromatic heterocycles. The minimum Gasteiger partial charge on any atom is -0.486 e. The van der Waals surface area contributed by atoms with Crippen molar-refractivity contribution in [3.05, 3.63) is 89.0 Å². The molecule has 162 valence electrons. The highest BCUT2D eigenvalue weighted by molar-refractivity contribution is 6.02. The van der Waals surface area contributed by atoms with E-state index in [1.807, 2.05) is 18.2 Å². The Bertz CT molecular complexity index is 1190. The van der Waals surface area contributed by atoms with Crippen LogP contribution in [-0.2, 0) is 0 Å². The summed E-state index contributed by atoms with van der Waals surface area (Å²) in [5.74, 6) is 3.02. The summed E-state index contributed by atoms with van der Waals surface area (Å²) in [4.78, 5) is 0. The SMILES string of the molecule is CC(C)c1ccc([C@@H]2Oc3ccccc3[C@H]3CC(c4ccc5c(c4)OCCO5)=NN32)cc1. The van der Waals surface area contributed by atoms with Gasteiger partial charge in [0.1, 0.15) is 19.0 Å². The predicted octanol–water partition coefficient (Wildman–Crippen LogP) is 5.82. The summed E-state index contributed by atoms with van der Waals surface area (Å²) < 4.78 is 18.0. The third-order valence-corrected chi connectivity index (χ3v) is 6.46. The van der Waals surface area contributed by atoms with E-state index in [9.17, 15) is 0 Å². The van der Waals surface area contributed by atoms with Gasteiger partial charge in [0.2, 0.25) is 6.23 Å². The third kappa shape index (κ3) is 3.20. The monoisotopic (exact) mass is 426 g/mol. The van der Waals surface area contributed by atoms with Gasteiger partial charge in [0, 0.05) is 23.1 Å². The van der Waals surface area contributed by atoms with Crippen LogP contribution in [-0.4, -0.2) is 23.9 Å². The van der Waals surface area contributed by atoms with Gasteiger partial charge in [0.15, 0.2) is 11.5 Å². The van der Waals surface area contributed by atoms with Gasteiger partial charge in [-0.15, -0.1) is 0 Å². The topological polar surface area (TPSA) is 43.3 Å². The number of fused-ring (bicyclic) bond motifs is 4. The molecule has 5 nitrogen and oxygen atoms in total. The van der Waals surface area contributed by atoms with Crippen molar-refractivity contribution in [1.29, 1.82) is 0 Å². The molecule has 0 fully saturated rings. The van der Waals surface area contributed by atoms with Crippen molar-refractivity contribution in [2.75, 3.05) is 13.2 Å². The summed E-state index contributed by atoms with van der Waals surface area (Å²) in [5, 5.41) is 7.20. The van der Waals surface area contributed by atoms with E-state index in [2.05, 4.69) is 67.4 Å². The van der Waals surface area contributed by atoms with E-state index in [1.54, 1.807) is 0 Å². The van der Waals surface area contributed by atoms with E-state index >= 15 is 0 Å². The first-order valence-corrected chi connectivity index (χ1v) is 11.3. The molecule has 0 spiro atoms. The molecule has 3 aromatic rings. The van der Waals surface area contributed by atoms with Gasteiger partial charge in [-0.3, -0.25) is 0 Å². The molecule has 0 N–H and O–H groups in total. The van der Waals surface area contributed by atoms with E-state index in [1.165, 1.54) is 11.1 Å². The number of nitrogens with zero attached hydrogens (tertiary/aromatic N) is 2. The van der Waals surface area contributed by atoms with E-state index in [-0.39, 0.29) is 12.3 Å². The summed E-state index contributed by atoms with van der Waals surface area (Å²) in [7, 11) is 0. The number of hydrogen-bond donors (Lipinski definition) is 0. The summed E-state index contributed by atoms with van der Waals surface area (Å²) in [6.07, 6.45) is 0.562. The van der Waals surface area contributed by atoms with Gasteiger partial charge in [0.25, 0.3) is 0 Å². The Morgan fingerprint density at radius 1 is 0.875 bits per heavy atom. The number of hydrogen-bond acceptors (Lipinski definition) is 5. The Kier molecular flexibility index (Phi) is 4.56. The van der Waals surface area contributed by atoms with E-state index in [0.29, 0.717) is 19.1 Å². The molecule has 5 heteroatoms. The first kappa shape index (κ1) is 19.2. The molecule has 0 aliphatic carbocycles. The zero-order chi connectivity index (χ0) is 21.7. The third-order valence-electron chi connectivity index (χ3n) is 6.46. The maximum Gasteiger partial charge on any atom is 0.213 e. The van der Waals surface area contributed by atoms with Gasteiger partial charge in [0.05, 0.1) is 11.8 Å². The van der Waals surface area contributed by atoms with Crippen molar-refractivity contribution in [1.82, 2.24) is 5.01 Å². The molecule has 3 aliphatic rings. The summed E-state index contributed by atoms with van der Waals surface area (Å²) in [6, 6.07) is 23.3. The summed E-state index contributed by atoms with van der Waals surface area (Å²) in [6.45, 7) is 5.59. The van der Waals surface area contributed by atoms with Crippen molar-refractivity contribution in [2.24, 2.45) is 5.10 Å². The normalized spacial score (nSPS) is 21.0. The zero-order valence-corrected chi connectivity index (χ0v) is 18.3. The molecule has 3 aliphatic heterocycles. The first-order chi connectivity index (χ1) is 15.7. The molecule has 32 heavy (non-hydrogen) atoms. The highest BCUT2D eigenvalue weighted by Crippen LogP contribution is 2.47. The second kappa shape index (κ2) is 7.59. The maximum absolute atomic E-state index is 6.48. The van der Waals surface area contributed by atoms with Gasteiger partial charge >= 0.3 is 0 Å². The summed E-state index contributed by atoms with van der Waals surface area (Å²) >= 11 is 0. The highest BCUT2D eigenvalue weighted by Gasteiger charge is 2.41. The van der Waals surface area contributed by atoms with Crippen LogP contribution in [0.5, 0.6) is 17.2 Å². The second-order valence-electron chi connectivity index (χ2n) is 8.83. The van der Waals surface area contributed by atoms with Crippen LogP contribution >= 0.6 is 0 Å². The Hall–Kier alpha value is -3.47. The minimum absolute atomic E-state index is 0.137. The molecular weight excluding hydrogens is 400 g/mol. The van der Waals surface area contributed by atoms with E-state index < -0.39 is 0 Å². The molecule has 6 rings (SSSR count). The van der Waals surface area contributed by atoms with Crippen molar-refractivity contribution in [3.8, 4) is 17.2 Å². The Morgan fingerprint density at radius 2 is 1.66 bits per heavy atom. The average molecular weight is 427 g/mol. The van der Waals surface area contributed by atoms with E-state index in [0.717, 1.165) is 40.5 Å². The molecule has 0 bridgehead atoms. The molecule has 3 heterocycles. The maximum atomic E-state index is 6.48. The largest absolute Gasteiger partial charge is 0.486 e. The van der Waals surface area contributed by atoms with Gasteiger partial charge in [-0.05, 0) is 35.7 Å². The van der Waals surface area contributed by atoms with Gasteiger partial charge < -0.3 is 14.2 Å². The fourth-order valence-corrected chi connectivity index (χ4v) is 4.70. The summed E-state index contributed by atoms with van der Waals surface area (Å²) in [5.41, 5.74) is 5.72. The lowest BCUT2D eigenvalue weighted by atomic mass is 9.95. The number of ether oxygens (including phenoxy) is 3. The van der Waals surface area contributed by atoms with Gasteiger partial charge in [-0.25, -0.2) is 5.01 Å². The number of para-hydroxylation sites is 1. The fraction of sp³-hybridized carbons (Fsp3) is 0.296. The van der Waals surface area contributed by atoms with Crippen LogP contribution in [0.25, 0.3) is 0 Å². The number of hydrazone groups is 1. The Labute approximate surface area is 188 Å². The van der Waals surface area contributed by atoms with Crippen molar-refractivity contribution >= 4 is 5.71 Å². The van der Waals surface area contributed by atoms with Crippen molar-refractivity contribution < 1.29 is 14.2 Å². The highest BCUT2D eigenvalue weighted by atomic mass is 16.6. The standard InChI is InChI=1S/C27H26N2O3/c1-17(2)18-7-9-19(10-8-18)27-29-23(21-5-3-4-6-24(21)32-27)16-22(28-29)20-11-12-25-26(15-20)31-14-13-30-25/h3-12,15,17,23,27H,13-14,16H2,1-2H3/t23-,27+/m1/s1. The fourth-order valence-electron chi connectivity index (χ4n) is 4.70. The van der Waals surface area contributed by atoms with Crippen LogP contribution < -0.4 is 14.2 Å². The van der Waals surface area contributed by atoms with Crippen molar-refractivity contribution in [2.45, 2.75) is 38.5 Å². The predicted molar refractivity (Wildman–Crippen MR) is 124 cm³/mol. The average Bonchev–Trinajstić information content (AvgIpc) is 3.29. The zero-order valence-electron chi connectivity index (χ0n) is 18.3. The van der Waals surface area contributed by atoms with Crippen LogP contribution in [0.15, 0.2) is 71.8 Å². The number of rotatable bonds is 3. The molecule has 0 saturated heterocycles. The van der Waals surface area contributed by atoms with Crippen LogP contribution in [0.1, 0.15) is 60.7 Å². The van der Waals surface area contributed by atoms with Crippen LogP contribution in [0, 0.1) is 0 Å². The lowest BCUT2D eigenvalue weighted by molar-refractivity contribution is -0.0190. The molecular formula is C27H26N2O3.